The number of carbonyl (C=O) groups is 1. The van der Waals surface area contributed by atoms with Crippen molar-refractivity contribution >= 4 is 21.7 Å². The molecule has 1 fully saturated rings. The Balaban J connectivity index is 1.87. The highest BCUT2D eigenvalue weighted by Crippen LogP contribution is 2.10. The summed E-state index contributed by atoms with van der Waals surface area (Å²) in [4.78, 5) is 13.8. The zero-order valence-electron chi connectivity index (χ0n) is 12.1. The van der Waals surface area contributed by atoms with Gasteiger partial charge in [-0.1, -0.05) is 6.92 Å². The van der Waals surface area contributed by atoms with Gasteiger partial charge in [0.25, 0.3) is 0 Å². The van der Waals surface area contributed by atoms with Crippen LogP contribution < -0.4 is 5.73 Å². The molecular formula is C12H21N5O3S. The molecule has 21 heavy (non-hydrogen) atoms. The van der Waals surface area contributed by atoms with Gasteiger partial charge in [-0.25, -0.2) is 8.42 Å². The van der Waals surface area contributed by atoms with Gasteiger partial charge in [0.2, 0.25) is 15.9 Å². The summed E-state index contributed by atoms with van der Waals surface area (Å²) in [5.41, 5.74) is 5.50. The van der Waals surface area contributed by atoms with Gasteiger partial charge in [-0.15, -0.1) is 0 Å². The molecule has 8 nitrogen and oxygen atoms in total. The molecule has 2 rings (SSSR count). The van der Waals surface area contributed by atoms with Gasteiger partial charge in [-0.3, -0.25) is 9.48 Å². The number of hydrogen-bond acceptors (Lipinski definition) is 5. The van der Waals surface area contributed by atoms with Gasteiger partial charge in [0.15, 0.2) is 0 Å². The lowest BCUT2D eigenvalue weighted by atomic mass is 10.3. The summed E-state index contributed by atoms with van der Waals surface area (Å²) in [5.74, 6) is 0.456. The first-order valence-corrected chi connectivity index (χ1v) is 8.58. The fourth-order valence-electron chi connectivity index (χ4n) is 2.31. The third kappa shape index (κ3) is 3.94. The van der Waals surface area contributed by atoms with E-state index in [1.807, 2.05) is 6.92 Å². The van der Waals surface area contributed by atoms with Gasteiger partial charge in [0, 0.05) is 32.4 Å². The van der Waals surface area contributed by atoms with Crippen LogP contribution in [0.25, 0.3) is 0 Å². The number of aromatic nitrogens is 2. The van der Waals surface area contributed by atoms with E-state index in [4.69, 9.17) is 5.73 Å². The number of nitrogens with zero attached hydrogens (tertiary/aromatic N) is 4. The first kappa shape index (κ1) is 15.8. The van der Waals surface area contributed by atoms with Crippen LogP contribution in [-0.2, 0) is 21.4 Å². The molecule has 0 bridgehead atoms. The molecular weight excluding hydrogens is 294 g/mol. The lowest BCUT2D eigenvalue weighted by Gasteiger charge is -2.34. The molecule has 0 saturated carbocycles. The van der Waals surface area contributed by atoms with Crippen molar-refractivity contribution in [1.29, 1.82) is 0 Å². The van der Waals surface area contributed by atoms with E-state index in [0.717, 1.165) is 0 Å². The number of sulfonamides is 1. The molecule has 0 radical (unpaired) electrons. The van der Waals surface area contributed by atoms with Crippen molar-refractivity contribution in [2.24, 2.45) is 0 Å². The summed E-state index contributed by atoms with van der Waals surface area (Å²) in [7, 11) is -3.18. The van der Waals surface area contributed by atoms with Gasteiger partial charge < -0.3 is 10.6 Å². The summed E-state index contributed by atoms with van der Waals surface area (Å²) >= 11 is 0. The zero-order chi connectivity index (χ0) is 15.5. The zero-order valence-corrected chi connectivity index (χ0v) is 12.9. The highest BCUT2D eigenvalue weighted by molar-refractivity contribution is 7.89. The number of nitrogen functional groups attached to an aromatic ring is 1. The molecule has 1 aromatic rings. The molecule has 0 unspecified atom stereocenters. The standard InChI is InChI=1S/C12H21N5O3S/c1-2-9-21(19,20)17-7-5-15(6-8-17)12(18)10-16-4-3-11(13)14-16/h3-4H,2,5-10H2,1H3,(H2,13,14). The van der Waals surface area contributed by atoms with Crippen LogP contribution in [0.1, 0.15) is 13.3 Å². The molecule has 1 amide bonds. The van der Waals surface area contributed by atoms with Crippen molar-refractivity contribution in [3.8, 4) is 0 Å². The van der Waals surface area contributed by atoms with Crippen molar-refractivity contribution in [2.45, 2.75) is 19.9 Å². The molecule has 0 spiro atoms. The predicted molar refractivity (Wildman–Crippen MR) is 78.9 cm³/mol. The SMILES string of the molecule is CCCS(=O)(=O)N1CCN(C(=O)Cn2ccc(N)n2)CC1. The van der Waals surface area contributed by atoms with Crippen molar-refractivity contribution in [2.75, 3.05) is 37.7 Å². The maximum atomic E-state index is 12.1. The fraction of sp³-hybridized carbons (Fsp3) is 0.667. The first-order valence-electron chi connectivity index (χ1n) is 6.97. The minimum Gasteiger partial charge on any atom is -0.382 e. The highest BCUT2D eigenvalue weighted by Gasteiger charge is 2.28. The lowest BCUT2D eigenvalue weighted by Crippen LogP contribution is -2.51. The molecule has 1 aliphatic rings. The largest absolute Gasteiger partial charge is 0.382 e. The van der Waals surface area contributed by atoms with Gasteiger partial charge in [0.05, 0.1) is 5.75 Å². The van der Waals surface area contributed by atoms with E-state index >= 15 is 0 Å². The number of piperazine rings is 1. The third-order valence-electron chi connectivity index (χ3n) is 3.41. The van der Waals surface area contributed by atoms with E-state index in [9.17, 15) is 13.2 Å². The molecule has 0 aliphatic carbocycles. The molecule has 9 heteroatoms. The van der Waals surface area contributed by atoms with E-state index in [2.05, 4.69) is 5.10 Å². The van der Waals surface area contributed by atoms with Crippen molar-refractivity contribution in [3.63, 3.8) is 0 Å². The predicted octanol–water partition coefficient (Wildman–Crippen LogP) is -0.651. The van der Waals surface area contributed by atoms with Crippen molar-refractivity contribution in [1.82, 2.24) is 19.0 Å². The van der Waals surface area contributed by atoms with Crippen LogP contribution >= 0.6 is 0 Å². The average molecular weight is 315 g/mol. The monoisotopic (exact) mass is 315 g/mol. The Labute approximate surface area is 124 Å². The number of anilines is 1. The van der Waals surface area contributed by atoms with Gasteiger partial charge >= 0.3 is 0 Å². The Morgan fingerprint density at radius 1 is 1.33 bits per heavy atom. The molecule has 1 aliphatic heterocycles. The van der Waals surface area contributed by atoms with E-state index in [1.54, 1.807) is 17.2 Å². The van der Waals surface area contributed by atoms with Crippen LogP contribution in [0.3, 0.4) is 0 Å². The lowest BCUT2D eigenvalue weighted by molar-refractivity contribution is -0.133. The summed E-state index contributed by atoms with van der Waals surface area (Å²) in [5, 5.41) is 3.96. The second kappa shape index (κ2) is 6.44. The topological polar surface area (TPSA) is 102 Å². The Morgan fingerprint density at radius 2 is 2.00 bits per heavy atom. The Morgan fingerprint density at radius 3 is 2.52 bits per heavy atom. The van der Waals surface area contributed by atoms with Crippen molar-refractivity contribution in [3.05, 3.63) is 12.3 Å². The molecule has 2 heterocycles. The highest BCUT2D eigenvalue weighted by atomic mass is 32.2. The maximum absolute atomic E-state index is 12.1. The van der Waals surface area contributed by atoms with Crippen LogP contribution in [0.5, 0.6) is 0 Å². The van der Waals surface area contributed by atoms with Gasteiger partial charge in [-0.2, -0.15) is 9.40 Å². The second-order valence-electron chi connectivity index (χ2n) is 5.03. The molecule has 0 aromatic carbocycles. The van der Waals surface area contributed by atoms with Crippen LogP contribution in [0.4, 0.5) is 5.82 Å². The smallest absolute Gasteiger partial charge is 0.244 e. The fourth-order valence-corrected chi connectivity index (χ4v) is 3.80. The van der Waals surface area contributed by atoms with E-state index in [-0.39, 0.29) is 18.2 Å². The quantitative estimate of drug-likeness (QED) is 0.778. The van der Waals surface area contributed by atoms with Crippen LogP contribution in [0.2, 0.25) is 0 Å². The first-order chi connectivity index (χ1) is 9.92. The summed E-state index contributed by atoms with van der Waals surface area (Å²) in [6.45, 7) is 3.51. The van der Waals surface area contributed by atoms with Gasteiger partial charge in [-0.05, 0) is 12.5 Å². The van der Waals surface area contributed by atoms with Crippen LogP contribution in [-0.4, -0.2) is 65.2 Å². The minimum atomic E-state index is -3.18. The second-order valence-corrected chi connectivity index (χ2v) is 7.12. The summed E-state index contributed by atoms with van der Waals surface area (Å²) in [6, 6.07) is 1.63. The molecule has 1 saturated heterocycles. The normalized spacial score (nSPS) is 17.1. The van der Waals surface area contributed by atoms with E-state index in [1.165, 1.54) is 8.99 Å². The van der Waals surface area contributed by atoms with Crippen molar-refractivity contribution < 1.29 is 13.2 Å². The van der Waals surface area contributed by atoms with Gasteiger partial charge in [0.1, 0.15) is 12.4 Å². The average Bonchev–Trinajstić information content (AvgIpc) is 2.84. The molecule has 0 atom stereocenters. The van der Waals surface area contributed by atoms with E-state index in [0.29, 0.717) is 38.4 Å². The number of rotatable bonds is 5. The Bertz CT molecular complexity index is 590. The Kier molecular flexibility index (Phi) is 4.84. The Hall–Kier alpha value is -1.61. The number of hydrogen-bond donors (Lipinski definition) is 1. The van der Waals surface area contributed by atoms with Crippen LogP contribution in [0.15, 0.2) is 12.3 Å². The molecule has 118 valence electrons. The number of carbonyl (C=O) groups excluding carboxylic acids is 1. The third-order valence-corrected chi connectivity index (χ3v) is 5.48. The minimum absolute atomic E-state index is 0.0781. The van der Waals surface area contributed by atoms with Crippen LogP contribution in [0, 0.1) is 0 Å². The van der Waals surface area contributed by atoms with E-state index < -0.39 is 10.0 Å². The maximum Gasteiger partial charge on any atom is 0.244 e. The molecule has 1 aromatic heterocycles. The summed E-state index contributed by atoms with van der Waals surface area (Å²) < 4.78 is 26.8. The molecule has 2 N–H and O–H groups in total. The number of nitrogens with two attached hydrogens (primary N) is 1. The number of amides is 1. The summed E-state index contributed by atoms with van der Waals surface area (Å²) in [6.07, 6.45) is 2.25.